The fraction of sp³-hybridized carbons (Fsp3) is 0.0244. The summed E-state index contributed by atoms with van der Waals surface area (Å²) in [6.07, 6.45) is 0. The highest BCUT2D eigenvalue weighted by molar-refractivity contribution is 7.27. The maximum absolute atomic E-state index is 5.43. The molecule has 10 aromatic rings. The Morgan fingerprint density at radius 1 is 0.533 bits per heavy atom. The Balaban J connectivity index is 1.52. The van der Waals surface area contributed by atoms with Crippen LogP contribution in [-0.2, 0) is 0 Å². The third-order valence-electron chi connectivity index (χ3n) is 9.26. The van der Waals surface area contributed by atoms with Crippen LogP contribution in [0.4, 0.5) is 0 Å². The van der Waals surface area contributed by atoms with Gasteiger partial charge in [0.1, 0.15) is 0 Å². The molecule has 0 amide bonds. The molecule has 0 atom stereocenters. The van der Waals surface area contributed by atoms with Gasteiger partial charge in [-0.2, -0.15) is 0 Å². The molecule has 0 saturated heterocycles. The second-order valence-electron chi connectivity index (χ2n) is 11.8. The van der Waals surface area contributed by atoms with E-state index in [0.717, 1.165) is 27.7 Å². The van der Waals surface area contributed by atoms with Crippen molar-refractivity contribution in [1.29, 1.82) is 0 Å². The van der Waals surface area contributed by atoms with E-state index in [0.29, 0.717) is 5.95 Å². The molecule has 3 aromatic heterocycles. The van der Waals surface area contributed by atoms with Crippen LogP contribution in [0.3, 0.4) is 0 Å². The number of benzene rings is 7. The topological polar surface area (TPSA) is 30.7 Å². The molecule has 0 radical (unpaired) electrons. The van der Waals surface area contributed by atoms with Crippen molar-refractivity contribution in [3.8, 4) is 17.2 Å². The van der Waals surface area contributed by atoms with Gasteiger partial charge in [-0.15, -0.1) is 11.3 Å². The first kappa shape index (κ1) is 24.8. The molecular formula is C41H25N3S. The molecular weight excluding hydrogens is 567 g/mol. The lowest BCUT2D eigenvalue weighted by Crippen LogP contribution is -2.04. The zero-order chi connectivity index (χ0) is 29.6. The maximum atomic E-state index is 5.43. The number of nitrogens with zero attached hydrogens (tertiary/aromatic N) is 3. The van der Waals surface area contributed by atoms with Crippen LogP contribution in [0, 0.1) is 6.92 Å². The Morgan fingerprint density at radius 2 is 1.16 bits per heavy atom. The van der Waals surface area contributed by atoms with Crippen molar-refractivity contribution in [3.63, 3.8) is 0 Å². The number of aromatic nitrogens is 3. The SMILES string of the molecule is Cc1cc2ccccc2c2c3c4ccccc4c4c5ccccc5sc4c3n(-c3nc(-c4ccccc4)c4ccccc4n3)c12. The highest BCUT2D eigenvalue weighted by Crippen LogP contribution is 2.49. The van der Waals surface area contributed by atoms with Crippen molar-refractivity contribution in [2.45, 2.75) is 6.92 Å². The molecule has 7 aromatic carbocycles. The van der Waals surface area contributed by atoms with Crippen LogP contribution < -0.4 is 0 Å². The van der Waals surface area contributed by atoms with Gasteiger partial charge in [0, 0.05) is 37.2 Å². The Labute approximate surface area is 262 Å². The van der Waals surface area contributed by atoms with Crippen LogP contribution in [0.1, 0.15) is 5.56 Å². The molecule has 0 fully saturated rings. The number of thiophene rings is 1. The van der Waals surface area contributed by atoms with Crippen molar-refractivity contribution in [3.05, 3.63) is 139 Å². The van der Waals surface area contributed by atoms with Gasteiger partial charge in [-0.3, -0.25) is 4.57 Å². The fourth-order valence-corrected chi connectivity index (χ4v) is 8.68. The van der Waals surface area contributed by atoms with Gasteiger partial charge in [0.2, 0.25) is 5.95 Å². The van der Waals surface area contributed by atoms with Gasteiger partial charge >= 0.3 is 0 Å². The number of hydrogen-bond acceptors (Lipinski definition) is 3. The van der Waals surface area contributed by atoms with E-state index in [9.17, 15) is 0 Å². The molecule has 3 nitrogen and oxygen atoms in total. The smallest absolute Gasteiger partial charge is 0.235 e. The summed E-state index contributed by atoms with van der Waals surface area (Å²) in [5, 5.41) is 11.2. The minimum absolute atomic E-state index is 0.694. The van der Waals surface area contributed by atoms with Crippen molar-refractivity contribution < 1.29 is 0 Å². The van der Waals surface area contributed by atoms with E-state index in [4.69, 9.17) is 9.97 Å². The molecule has 0 N–H and O–H groups in total. The van der Waals surface area contributed by atoms with E-state index in [2.05, 4.69) is 145 Å². The second-order valence-corrected chi connectivity index (χ2v) is 12.9. The van der Waals surface area contributed by atoms with E-state index in [-0.39, 0.29) is 0 Å². The summed E-state index contributed by atoms with van der Waals surface area (Å²) in [4.78, 5) is 10.8. The predicted octanol–water partition coefficient (Wildman–Crippen LogP) is 11.4. The van der Waals surface area contributed by atoms with Crippen LogP contribution >= 0.6 is 11.3 Å². The molecule has 0 bridgehead atoms. The fourth-order valence-electron chi connectivity index (χ4n) is 7.42. The normalized spacial score (nSPS) is 12.1. The highest BCUT2D eigenvalue weighted by Gasteiger charge is 2.25. The standard InChI is InChI=1S/C41H25N3S/c1-24-23-26-15-5-6-16-27(26)35-36-29-18-8-7-17-28(29)34-31-20-10-12-22-33(31)45-40(34)39(36)44(38(24)35)41-42-32-21-11-9-19-30(32)37(43-41)25-13-3-2-4-14-25/h2-23H,1H3. The molecule has 0 aliphatic heterocycles. The number of rotatable bonds is 2. The summed E-state index contributed by atoms with van der Waals surface area (Å²) in [6.45, 7) is 2.23. The Morgan fingerprint density at radius 3 is 1.98 bits per heavy atom. The summed E-state index contributed by atoms with van der Waals surface area (Å²) in [5.74, 6) is 0.694. The molecule has 0 aliphatic carbocycles. The molecule has 10 rings (SSSR count). The van der Waals surface area contributed by atoms with Gasteiger partial charge in [0.15, 0.2) is 0 Å². The van der Waals surface area contributed by atoms with Crippen LogP contribution in [0.5, 0.6) is 0 Å². The van der Waals surface area contributed by atoms with E-state index in [1.165, 1.54) is 63.6 Å². The quantitative estimate of drug-likeness (QED) is 0.200. The first-order chi connectivity index (χ1) is 22.3. The zero-order valence-corrected chi connectivity index (χ0v) is 25.3. The molecule has 0 unspecified atom stereocenters. The van der Waals surface area contributed by atoms with Crippen molar-refractivity contribution in [1.82, 2.24) is 14.5 Å². The summed E-state index contributed by atoms with van der Waals surface area (Å²) >= 11 is 1.87. The monoisotopic (exact) mass is 591 g/mol. The second kappa shape index (κ2) is 9.21. The molecule has 210 valence electrons. The van der Waals surface area contributed by atoms with E-state index < -0.39 is 0 Å². The first-order valence-electron chi connectivity index (χ1n) is 15.3. The Hall–Kier alpha value is -5.58. The number of hydrogen-bond donors (Lipinski definition) is 0. The lowest BCUT2D eigenvalue weighted by Gasteiger charge is -2.13. The zero-order valence-electron chi connectivity index (χ0n) is 24.5. The van der Waals surface area contributed by atoms with Gasteiger partial charge < -0.3 is 0 Å². The van der Waals surface area contributed by atoms with E-state index in [1.54, 1.807) is 0 Å². The molecule has 0 aliphatic rings. The molecule has 45 heavy (non-hydrogen) atoms. The van der Waals surface area contributed by atoms with Crippen molar-refractivity contribution in [2.75, 3.05) is 0 Å². The van der Waals surface area contributed by atoms with Gasteiger partial charge in [-0.25, -0.2) is 9.97 Å². The minimum Gasteiger partial charge on any atom is -0.276 e. The van der Waals surface area contributed by atoms with Crippen LogP contribution in [0.15, 0.2) is 133 Å². The van der Waals surface area contributed by atoms with Crippen molar-refractivity contribution in [2.24, 2.45) is 0 Å². The summed E-state index contributed by atoms with van der Waals surface area (Å²) in [6, 6.07) is 47.7. The number of aryl methyl sites for hydroxylation is 1. The van der Waals surface area contributed by atoms with Gasteiger partial charge in [-0.05, 0) is 52.2 Å². The number of fused-ring (bicyclic) bond motifs is 13. The first-order valence-corrected chi connectivity index (χ1v) is 16.1. The molecule has 4 heteroatoms. The lowest BCUT2D eigenvalue weighted by molar-refractivity contribution is 1.01. The van der Waals surface area contributed by atoms with Gasteiger partial charge in [-0.1, -0.05) is 115 Å². The summed E-state index contributed by atoms with van der Waals surface area (Å²) in [7, 11) is 0. The average Bonchev–Trinajstić information content (AvgIpc) is 3.66. The third-order valence-corrected chi connectivity index (χ3v) is 10.4. The predicted molar refractivity (Wildman–Crippen MR) is 192 cm³/mol. The average molecular weight is 592 g/mol. The lowest BCUT2D eigenvalue weighted by atomic mass is 9.96. The van der Waals surface area contributed by atoms with Gasteiger partial charge in [0.05, 0.1) is 26.9 Å². The highest BCUT2D eigenvalue weighted by atomic mass is 32.1. The summed E-state index contributed by atoms with van der Waals surface area (Å²) < 4.78 is 4.92. The molecule has 0 spiro atoms. The van der Waals surface area contributed by atoms with E-state index >= 15 is 0 Å². The molecule has 3 heterocycles. The Kier molecular flexibility index (Phi) is 5.08. The summed E-state index contributed by atoms with van der Waals surface area (Å²) in [5.41, 5.74) is 6.50. The van der Waals surface area contributed by atoms with Gasteiger partial charge in [0.25, 0.3) is 0 Å². The van der Waals surface area contributed by atoms with Crippen LogP contribution in [-0.4, -0.2) is 14.5 Å². The van der Waals surface area contributed by atoms with Crippen LogP contribution in [0.25, 0.3) is 91.6 Å². The molecule has 0 saturated carbocycles. The largest absolute Gasteiger partial charge is 0.276 e. The third kappa shape index (κ3) is 3.40. The minimum atomic E-state index is 0.694. The van der Waals surface area contributed by atoms with Crippen LogP contribution in [0.2, 0.25) is 0 Å². The maximum Gasteiger partial charge on any atom is 0.235 e. The van der Waals surface area contributed by atoms with Crippen molar-refractivity contribution >= 4 is 85.8 Å². The van der Waals surface area contributed by atoms with E-state index in [1.807, 2.05) is 11.3 Å². The number of para-hydroxylation sites is 1. The Bertz CT molecular complexity index is 2820.